The third kappa shape index (κ3) is 2.96. The summed E-state index contributed by atoms with van der Waals surface area (Å²) in [7, 11) is 2.12. The number of hydrogen-bond donors (Lipinski definition) is 1. The monoisotopic (exact) mass is 326 g/mol. The number of halogens is 1. The van der Waals surface area contributed by atoms with Crippen molar-refractivity contribution in [1.29, 1.82) is 0 Å². The van der Waals surface area contributed by atoms with E-state index in [1.165, 1.54) is 11.3 Å². The number of benzene rings is 1. The molecule has 1 unspecified atom stereocenters. The highest BCUT2D eigenvalue weighted by Gasteiger charge is 2.38. The number of piperazine rings is 1. The summed E-state index contributed by atoms with van der Waals surface area (Å²) in [6, 6.07) is 6.51. The molecule has 0 spiro atoms. The van der Waals surface area contributed by atoms with Crippen LogP contribution < -0.4 is 4.90 Å². The lowest BCUT2D eigenvalue weighted by Gasteiger charge is -2.52. The predicted molar refractivity (Wildman–Crippen MR) is 83.8 cm³/mol. The minimum atomic E-state index is 0.0129. The second-order valence-corrected chi connectivity index (χ2v) is 7.06. The number of aliphatic hydroxyl groups is 1. The summed E-state index contributed by atoms with van der Waals surface area (Å²) in [5.74, 6) is 0. The minimum Gasteiger partial charge on any atom is -0.394 e. The van der Waals surface area contributed by atoms with Crippen LogP contribution >= 0.6 is 15.9 Å². The second kappa shape index (κ2) is 5.43. The number of aryl methyl sites for hydroxylation is 1. The van der Waals surface area contributed by atoms with Crippen LogP contribution in [0.25, 0.3) is 0 Å². The quantitative estimate of drug-likeness (QED) is 0.905. The van der Waals surface area contributed by atoms with Gasteiger partial charge in [0.15, 0.2) is 0 Å². The molecule has 0 amide bonds. The van der Waals surface area contributed by atoms with Gasteiger partial charge < -0.3 is 14.9 Å². The van der Waals surface area contributed by atoms with Crippen LogP contribution in [0.2, 0.25) is 0 Å². The summed E-state index contributed by atoms with van der Waals surface area (Å²) in [5.41, 5.74) is 2.48. The topological polar surface area (TPSA) is 26.7 Å². The Labute approximate surface area is 124 Å². The summed E-state index contributed by atoms with van der Waals surface area (Å²) >= 11 is 3.51. The lowest BCUT2D eigenvalue weighted by atomic mass is 9.93. The fourth-order valence-electron chi connectivity index (χ4n) is 3.29. The lowest BCUT2D eigenvalue weighted by molar-refractivity contribution is 0.137. The first-order valence-electron chi connectivity index (χ1n) is 6.70. The Morgan fingerprint density at radius 2 is 2.11 bits per heavy atom. The minimum absolute atomic E-state index is 0.0129. The number of nitrogens with zero attached hydrogens (tertiary/aromatic N) is 2. The van der Waals surface area contributed by atoms with Crippen molar-refractivity contribution in [1.82, 2.24) is 4.90 Å². The third-order valence-electron chi connectivity index (χ3n) is 3.83. The maximum Gasteiger partial charge on any atom is 0.0654 e. The van der Waals surface area contributed by atoms with Crippen molar-refractivity contribution in [3.63, 3.8) is 0 Å². The van der Waals surface area contributed by atoms with Gasteiger partial charge in [-0.25, -0.2) is 0 Å². The van der Waals surface area contributed by atoms with Gasteiger partial charge in [-0.3, -0.25) is 0 Å². The average Bonchev–Trinajstić information content (AvgIpc) is 2.28. The van der Waals surface area contributed by atoms with Gasteiger partial charge in [-0.1, -0.05) is 15.9 Å². The molecule has 1 aromatic rings. The van der Waals surface area contributed by atoms with Gasteiger partial charge in [0, 0.05) is 28.8 Å². The molecule has 106 valence electrons. The van der Waals surface area contributed by atoms with Crippen molar-refractivity contribution >= 4 is 21.6 Å². The molecule has 19 heavy (non-hydrogen) atoms. The summed E-state index contributed by atoms with van der Waals surface area (Å²) in [6.45, 7) is 8.69. The Morgan fingerprint density at radius 1 is 1.42 bits per heavy atom. The summed E-state index contributed by atoms with van der Waals surface area (Å²) in [6.07, 6.45) is 0. The zero-order valence-electron chi connectivity index (χ0n) is 12.2. The van der Waals surface area contributed by atoms with Crippen molar-refractivity contribution in [2.24, 2.45) is 0 Å². The molecule has 2 rings (SSSR count). The molecule has 1 saturated heterocycles. The molecule has 1 heterocycles. The van der Waals surface area contributed by atoms with Crippen LogP contribution in [0.15, 0.2) is 22.7 Å². The molecule has 1 aromatic carbocycles. The van der Waals surface area contributed by atoms with Crippen LogP contribution in [0, 0.1) is 6.92 Å². The Hall–Kier alpha value is -0.580. The zero-order chi connectivity index (χ0) is 14.2. The van der Waals surface area contributed by atoms with Crippen LogP contribution in [0.3, 0.4) is 0 Å². The van der Waals surface area contributed by atoms with E-state index in [-0.39, 0.29) is 18.2 Å². The van der Waals surface area contributed by atoms with Gasteiger partial charge in [0.1, 0.15) is 0 Å². The first-order chi connectivity index (χ1) is 8.85. The first-order valence-corrected chi connectivity index (χ1v) is 7.49. The molecule has 1 aliphatic rings. The molecule has 1 atom stereocenters. The Kier molecular flexibility index (Phi) is 4.23. The smallest absolute Gasteiger partial charge is 0.0654 e. The van der Waals surface area contributed by atoms with E-state index in [9.17, 15) is 5.11 Å². The van der Waals surface area contributed by atoms with Gasteiger partial charge in [-0.05, 0) is 51.6 Å². The maximum atomic E-state index is 9.74. The van der Waals surface area contributed by atoms with E-state index < -0.39 is 0 Å². The van der Waals surface area contributed by atoms with E-state index in [1.807, 2.05) is 0 Å². The number of likely N-dealkylation sites (N-methyl/N-ethyl adjacent to an activating group) is 1. The summed E-state index contributed by atoms with van der Waals surface area (Å²) < 4.78 is 1.10. The molecule has 1 N–H and O–H groups in total. The molecule has 3 nitrogen and oxygen atoms in total. The Balaban J connectivity index is 2.43. The normalized spacial score (nSPS) is 23.7. The molecule has 0 aliphatic carbocycles. The second-order valence-electron chi connectivity index (χ2n) is 6.15. The van der Waals surface area contributed by atoms with Crippen molar-refractivity contribution in [2.75, 3.05) is 31.6 Å². The van der Waals surface area contributed by atoms with Crippen LogP contribution in [-0.2, 0) is 0 Å². The van der Waals surface area contributed by atoms with E-state index in [1.54, 1.807) is 0 Å². The van der Waals surface area contributed by atoms with Gasteiger partial charge in [0.25, 0.3) is 0 Å². The fraction of sp³-hybridized carbons (Fsp3) is 0.600. The highest BCUT2D eigenvalue weighted by Crippen LogP contribution is 2.34. The van der Waals surface area contributed by atoms with Gasteiger partial charge >= 0.3 is 0 Å². The van der Waals surface area contributed by atoms with E-state index in [2.05, 4.69) is 71.7 Å². The number of anilines is 1. The van der Waals surface area contributed by atoms with Crippen LogP contribution in [-0.4, -0.2) is 48.3 Å². The van der Waals surface area contributed by atoms with E-state index in [0.717, 1.165) is 17.6 Å². The SMILES string of the molecule is Cc1cc(Br)ccc1N1C(CO)CN(C)CC1(C)C. The van der Waals surface area contributed by atoms with E-state index in [4.69, 9.17) is 0 Å². The first kappa shape index (κ1) is 14.8. The maximum absolute atomic E-state index is 9.74. The molecule has 0 saturated carbocycles. The van der Waals surface area contributed by atoms with E-state index in [0.29, 0.717) is 0 Å². The summed E-state index contributed by atoms with van der Waals surface area (Å²) in [5, 5.41) is 9.74. The number of hydrogen-bond acceptors (Lipinski definition) is 3. The van der Waals surface area contributed by atoms with Crippen molar-refractivity contribution in [3.8, 4) is 0 Å². The molecule has 1 aliphatic heterocycles. The summed E-state index contributed by atoms with van der Waals surface area (Å²) in [4.78, 5) is 4.68. The van der Waals surface area contributed by atoms with Gasteiger partial charge in [-0.15, -0.1) is 0 Å². The predicted octanol–water partition coefficient (Wildman–Crippen LogP) is 2.65. The lowest BCUT2D eigenvalue weighted by Crippen LogP contribution is -2.64. The Bertz CT molecular complexity index is 461. The van der Waals surface area contributed by atoms with Crippen LogP contribution in [0.5, 0.6) is 0 Å². The van der Waals surface area contributed by atoms with Gasteiger partial charge in [0.2, 0.25) is 0 Å². The molecule has 0 aromatic heterocycles. The molecule has 0 bridgehead atoms. The molecular formula is C15H23BrN2O. The molecular weight excluding hydrogens is 304 g/mol. The molecule has 1 fully saturated rings. The Morgan fingerprint density at radius 3 is 2.68 bits per heavy atom. The molecule has 4 heteroatoms. The van der Waals surface area contributed by atoms with Gasteiger partial charge in [0.05, 0.1) is 12.6 Å². The van der Waals surface area contributed by atoms with Crippen LogP contribution in [0.4, 0.5) is 5.69 Å². The van der Waals surface area contributed by atoms with Crippen molar-refractivity contribution < 1.29 is 5.11 Å². The van der Waals surface area contributed by atoms with Crippen LogP contribution in [0.1, 0.15) is 19.4 Å². The zero-order valence-corrected chi connectivity index (χ0v) is 13.7. The fourth-order valence-corrected chi connectivity index (χ4v) is 3.76. The van der Waals surface area contributed by atoms with E-state index >= 15 is 0 Å². The average molecular weight is 327 g/mol. The number of rotatable bonds is 2. The number of aliphatic hydroxyl groups excluding tert-OH is 1. The van der Waals surface area contributed by atoms with Crippen molar-refractivity contribution in [3.05, 3.63) is 28.2 Å². The highest BCUT2D eigenvalue weighted by atomic mass is 79.9. The largest absolute Gasteiger partial charge is 0.394 e. The third-order valence-corrected chi connectivity index (χ3v) is 4.32. The molecule has 0 radical (unpaired) electrons. The highest BCUT2D eigenvalue weighted by molar-refractivity contribution is 9.10. The van der Waals surface area contributed by atoms with Gasteiger partial charge in [-0.2, -0.15) is 0 Å². The standard InChI is InChI=1S/C15H23BrN2O/c1-11-7-12(16)5-6-14(11)18-13(9-19)8-17(4)10-15(18,2)3/h5-7,13,19H,8-10H2,1-4H3. The van der Waals surface area contributed by atoms with Crippen molar-refractivity contribution in [2.45, 2.75) is 32.4 Å².